The third-order valence-corrected chi connectivity index (χ3v) is 2.74. The quantitative estimate of drug-likeness (QED) is 0.737. The molecule has 0 radical (unpaired) electrons. The van der Waals surface area contributed by atoms with Gasteiger partial charge in [0.25, 0.3) is 0 Å². The van der Waals surface area contributed by atoms with Gasteiger partial charge in [-0.2, -0.15) is 13.2 Å². The molecule has 2 aromatic heterocycles. The number of furan rings is 1. The highest BCUT2D eigenvalue weighted by Crippen LogP contribution is 2.31. The standard InChI is InChI=1S/C12H7F3N2O2/c13-12(14,15)7-3-4-9-8(6-7)16-11(18)17(9)10-2-1-5-19-10/h1-6H,(H,16,18). The molecule has 3 aromatic rings. The minimum atomic E-state index is -4.45. The first-order valence-electron chi connectivity index (χ1n) is 5.33. The van der Waals surface area contributed by atoms with E-state index in [0.717, 1.165) is 12.1 Å². The van der Waals surface area contributed by atoms with Crippen LogP contribution in [0.15, 0.2) is 45.8 Å². The normalized spacial score (nSPS) is 12.2. The van der Waals surface area contributed by atoms with Crippen LogP contribution in [0, 0.1) is 0 Å². The minimum absolute atomic E-state index is 0.108. The largest absolute Gasteiger partial charge is 0.448 e. The Balaban J connectivity index is 2.27. The summed E-state index contributed by atoms with van der Waals surface area (Å²) in [6.07, 6.45) is -3.07. The summed E-state index contributed by atoms with van der Waals surface area (Å²) in [5, 5.41) is 0. The number of rotatable bonds is 1. The van der Waals surface area contributed by atoms with E-state index in [2.05, 4.69) is 4.98 Å². The molecule has 0 aliphatic rings. The summed E-state index contributed by atoms with van der Waals surface area (Å²) in [7, 11) is 0. The summed E-state index contributed by atoms with van der Waals surface area (Å²) < 4.78 is 44.0. The molecule has 0 unspecified atom stereocenters. The fourth-order valence-corrected chi connectivity index (χ4v) is 1.90. The van der Waals surface area contributed by atoms with Crippen molar-refractivity contribution in [3.63, 3.8) is 0 Å². The van der Waals surface area contributed by atoms with Gasteiger partial charge in [-0.3, -0.25) is 0 Å². The SMILES string of the molecule is O=c1[nH]c2cc(C(F)(F)F)ccc2n1-c1ccco1. The Morgan fingerprint density at radius 2 is 2.00 bits per heavy atom. The number of aromatic amines is 1. The summed E-state index contributed by atoms with van der Waals surface area (Å²) >= 11 is 0. The highest BCUT2D eigenvalue weighted by Gasteiger charge is 2.31. The van der Waals surface area contributed by atoms with Gasteiger partial charge >= 0.3 is 11.9 Å². The number of nitrogens with zero attached hydrogens (tertiary/aromatic N) is 1. The Morgan fingerprint density at radius 1 is 1.21 bits per heavy atom. The lowest BCUT2D eigenvalue weighted by Gasteiger charge is -2.06. The third-order valence-electron chi connectivity index (χ3n) is 2.74. The van der Waals surface area contributed by atoms with Gasteiger partial charge in [0.2, 0.25) is 5.88 Å². The fourth-order valence-electron chi connectivity index (χ4n) is 1.90. The van der Waals surface area contributed by atoms with Crippen molar-refractivity contribution in [2.24, 2.45) is 0 Å². The van der Waals surface area contributed by atoms with E-state index in [1.807, 2.05) is 0 Å². The number of hydrogen-bond donors (Lipinski definition) is 1. The molecule has 4 nitrogen and oxygen atoms in total. The maximum Gasteiger partial charge on any atom is 0.416 e. The average molecular weight is 268 g/mol. The molecule has 3 rings (SSSR count). The molecule has 0 atom stereocenters. The fraction of sp³-hybridized carbons (Fsp3) is 0.0833. The van der Waals surface area contributed by atoms with Crippen molar-refractivity contribution in [1.82, 2.24) is 9.55 Å². The molecule has 0 saturated heterocycles. The Bertz CT molecular complexity index is 782. The van der Waals surface area contributed by atoms with Crippen molar-refractivity contribution in [1.29, 1.82) is 0 Å². The van der Waals surface area contributed by atoms with Crippen molar-refractivity contribution in [3.8, 4) is 5.88 Å². The van der Waals surface area contributed by atoms with Crippen LogP contribution in [-0.4, -0.2) is 9.55 Å². The van der Waals surface area contributed by atoms with Crippen molar-refractivity contribution < 1.29 is 17.6 Å². The Hall–Kier alpha value is -2.44. The number of halogens is 3. The first kappa shape index (κ1) is 11.6. The van der Waals surface area contributed by atoms with Crippen LogP contribution < -0.4 is 5.69 Å². The molecule has 0 aliphatic carbocycles. The second-order valence-electron chi connectivity index (χ2n) is 3.95. The zero-order valence-corrected chi connectivity index (χ0v) is 9.36. The molecule has 0 spiro atoms. The van der Waals surface area contributed by atoms with Crippen LogP contribution in [0.2, 0.25) is 0 Å². The Kier molecular flexibility index (Phi) is 2.31. The molecule has 0 saturated carbocycles. The number of nitrogens with one attached hydrogen (secondary N) is 1. The van der Waals surface area contributed by atoms with E-state index in [1.54, 1.807) is 12.1 Å². The van der Waals surface area contributed by atoms with E-state index >= 15 is 0 Å². The van der Waals surface area contributed by atoms with Gasteiger partial charge in [-0.15, -0.1) is 0 Å². The third kappa shape index (κ3) is 1.83. The van der Waals surface area contributed by atoms with Gasteiger partial charge in [-0.05, 0) is 24.3 Å². The molecule has 0 fully saturated rings. The van der Waals surface area contributed by atoms with Gasteiger partial charge in [0.1, 0.15) is 0 Å². The number of imidazole rings is 1. The molecular weight excluding hydrogens is 261 g/mol. The zero-order chi connectivity index (χ0) is 13.6. The maximum atomic E-state index is 12.6. The highest BCUT2D eigenvalue weighted by molar-refractivity contribution is 5.77. The molecular formula is C12H7F3N2O2. The second-order valence-corrected chi connectivity index (χ2v) is 3.95. The lowest BCUT2D eigenvalue weighted by atomic mass is 10.2. The number of fused-ring (bicyclic) bond motifs is 1. The minimum Gasteiger partial charge on any atom is -0.448 e. The van der Waals surface area contributed by atoms with Crippen molar-refractivity contribution in [3.05, 3.63) is 52.6 Å². The van der Waals surface area contributed by atoms with Crippen molar-refractivity contribution in [2.45, 2.75) is 6.18 Å². The van der Waals surface area contributed by atoms with Crippen LogP contribution in [0.5, 0.6) is 0 Å². The molecule has 7 heteroatoms. The number of alkyl halides is 3. The second kappa shape index (κ2) is 3.78. The molecule has 0 bridgehead atoms. The summed E-state index contributed by atoms with van der Waals surface area (Å²) in [4.78, 5) is 14.1. The van der Waals surface area contributed by atoms with E-state index in [-0.39, 0.29) is 11.4 Å². The first-order valence-corrected chi connectivity index (χ1v) is 5.33. The van der Waals surface area contributed by atoms with Crippen LogP contribution in [0.1, 0.15) is 5.56 Å². The number of benzene rings is 1. The van der Waals surface area contributed by atoms with Crippen molar-refractivity contribution in [2.75, 3.05) is 0 Å². The monoisotopic (exact) mass is 268 g/mol. The lowest BCUT2D eigenvalue weighted by Crippen LogP contribution is -2.13. The molecule has 2 heterocycles. The van der Waals surface area contributed by atoms with Gasteiger partial charge in [-0.1, -0.05) is 0 Å². The highest BCUT2D eigenvalue weighted by atomic mass is 19.4. The van der Waals surface area contributed by atoms with Crippen LogP contribution in [0.4, 0.5) is 13.2 Å². The van der Waals surface area contributed by atoms with Gasteiger partial charge in [0, 0.05) is 6.07 Å². The predicted molar refractivity (Wildman–Crippen MR) is 61.2 cm³/mol. The number of H-pyrrole nitrogens is 1. The summed E-state index contributed by atoms with van der Waals surface area (Å²) in [6.45, 7) is 0. The molecule has 0 aliphatic heterocycles. The molecule has 98 valence electrons. The van der Waals surface area contributed by atoms with E-state index in [4.69, 9.17) is 4.42 Å². The van der Waals surface area contributed by atoms with Gasteiger partial charge in [-0.25, -0.2) is 9.36 Å². The van der Waals surface area contributed by atoms with Crippen molar-refractivity contribution >= 4 is 11.0 Å². The molecule has 1 aromatic carbocycles. The van der Waals surface area contributed by atoms with E-state index in [1.165, 1.54) is 16.9 Å². The van der Waals surface area contributed by atoms with Gasteiger partial charge < -0.3 is 9.40 Å². The first-order chi connectivity index (χ1) is 8.97. The van der Waals surface area contributed by atoms with E-state index in [0.29, 0.717) is 5.52 Å². The van der Waals surface area contributed by atoms with Crippen LogP contribution in [-0.2, 0) is 6.18 Å². The Morgan fingerprint density at radius 3 is 2.63 bits per heavy atom. The lowest BCUT2D eigenvalue weighted by molar-refractivity contribution is -0.137. The molecule has 19 heavy (non-hydrogen) atoms. The van der Waals surface area contributed by atoms with Gasteiger partial charge in [0.05, 0.1) is 22.9 Å². The zero-order valence-electron chi connectivity index (χ0n) is 9.36. The molecule has 1 N–H and O–H groups in total. The summed E-state index contributed by atoms with van der Waals surface area (Å²) in [6, 6.07) is 6.20. The summed E-state index contributed by atoms with van der Waals surface area (Å²) in [5.41, 5.74) is -0.929. The summed E-state index contributed by atoms with van der Waals surface area (Å²) in [5.74, 6) is 0.246. The number of hydrogen-bond acceptors (Lipinski definition) is 2. The topological polar surface area (TPSA) is 50.9 Å². The van der Waals surface area contributed by atoms with Crippen LogP contribution in [0.25, 0.3) is 16.9 Å². The molecule has 0 amide bonds. The van der Waals surface area contributed by atoms with Crippen LogP contribution in [0.3, 0.4) is 0 Å². The smallest absolute Gasteiger partial charge is 0.416 e. The maximum absolute atomic E-state index is 12.6. The van der Waals surface area contributed by atoms with Gasteiger partial charge in [0.15, 0.2) is 0 Å². The Labute approximate surface area is 104 Å². The van der Waals surface area contributed by atoms with E-state index in [9.17, 15) is 18.0 Å². The predicted octanol–water partition coefficient (Wildman–Crippen LogP) is 2.93. The van der Waals surface area contributed by atoms with E-state index < -0.39 is 17.4 Å². The number of aromatic nitrogens is 2. The van der Waals surface area contributed by atoms with Crippen LogP contribution >= 0.6 is 0 Å². The average Bonchev–Trinajstić information content (AvgIpc) is 2.92.